The minimum absolute atomic E-state index is 0.0324. The number of aromatic nitrogens is 4. The summed E-state index contributed by atoms with van der Waals surface area (Å²) in [6, 6.07) is 11.7. The first-order valence-corrected chi connectivity index (χ1v) is 12.9. The topological polar surface area (TPSA) is 120 Å². The Balaban J connectivity index is 1.41. The number of para-hydroxylation sites is 1. The number of aryl methyl sites for hydroxylation is 1. The molecular formula is C28H31N7O3. The van der Waals surface area contributed by atoms with Gasteiger partial charge in [-0.05, 0) is 44.5 Å². The molecule has 3 N–H and O–H groups in total. The molecule has 1 saturated heterocycles. The molecule has 6 rings (SSSR count). The van der Waals surface area contributed by atoms with Gasteiger partial charge in [-0.2, -0.15) is 0 Å². The summed E-state index contributed by atoms with van der Waals surface area (Å²) >= 11 is 0. The van der Waals surface area contributed by atoms with Gasteiger partial charge in [-0.1, -0.05) is 18.2 Å². The van der Waals surface area contributed by atoms with Gasteiger partial charge in [-0.15, -0.1) is 0 Å². The van der Waals surface area contributed by atoms with E-state index < -0.39 is 5.91 Å². The molecule has 10 heteroatoms. The van der Waals surface area contributed by atoms with Crippen LogP contribution in [0.25, 0.3) is 22.3 Å². The van der Waals surface area contributed by atoms with E-state index in [1.165, 1.54) is 5.56 Å². The fourth-order valence-corrected chi connectivity index (χ4v) is 5.78. The van der Waals surface area contributed by atoms with Crippen LogP contribution in [0.3, 0.4) is 0 Å². The number of hydrogen-bond donors (Lipinski definition) is 2. The van der Waals surface area contributed by atoms with Gasteiger partial charge in [0.1, 0.15) is 17.3 Å². The van der Waals surface area contributed by atoms with Crippen molar-refractivity contribution in [1.82, 2.24) is 24.4 Å². The zero-order valence-electron chi connectivity index (χ0n) is 21.8. The number of nitrogens with one attached hydrogen (secondary N) is 1. The molecule has 196 valence electrons. The van der Waals surface area contributed by atoms with Gasteiger partial charge in [-0.3, -0.25) is 9.69 Å². The number of carbonyl (C=O) groups is 1. The molecule has 0 unspecified atom stereocenters. The van der Waals surface area contributed by atoms with Gasteiger partial charge < -0.3 is 25.1 Å². The van der Waals surface area contributed by atoms with Crippen molar-refractivity contribution >= 4 is 28.4 Å². The molecule has 1 aromatic carbocycles. The number of fused-ring (bicyclic) bond motifs is 3. The third-order valence-electron chi connectivity index (χ3n) is 7.71. The minimum atomic E-state index is -0.646. The van der Waals surface area contributed by atoms with Gasteiger partial charge in [0, 0.05) is 38.4 Å². The van der Waals surface area contributed by atoms with E-state index in [4.69, 9.17) is 25.2 Å². The largest absolute Gasteiger partial charge is 0.492 e. The highest BCUT2D eigenvalue weighted by atomic mass is 16.5. The van der Waals surface area contributed by atoms with Crippen LogP contribution in [0.5, 0.6) is 5.75 Å². The average molecular weight is 514 g/mol. The van der Waals surface area contributed by atoms with E-state index in [0.717, 1.165) is 54.9 Å². The number of anilines is 2. The van der Waals surface area contributed by atoms with Crippen LogP contribution < -0.4 is 15.8 Å². The molecular weight excluding hydrogens is 482 g/mol. The molecule has 38 heavy (non-hydrogen) atoms. The van der Waals surface area contributed by atoms with Gasteiger partial charge in [-0.25, -0.2) is 15.0 Å². The lowest BCUT2D eigenvalue weighted by Crippen LogP contribution is -2.43. The molecule has 2 aliphatic heterocycles. The van der Waals surface area contributed by atoms with Crippen LogP contribution in [0.1, 0.15) is 41.5 Å². The first-order valence-electron chi connectivity index (χ1n) is 12.9. The maximum Gasteiger partial charge on any atom is 0.269 e. The second-order valence-electron chi connectivity index (χ2n) is 9.87. The SMILES string of the molecule is CCOc1cc(Nc2ccc3c(n2)CN(C)C32CCOCC2)c(C(N)=O)nc1-c1cccc2c1ncn2C. The number of nitrogens with zero attached hydrogens (tertiary/aromatic N) is 5. The van der Waals surface area contributed by atoms with Gasteiger partial charge in [0.05, 0.1) is 40.9 Å². The maximum atomic E-state index is 12.6. The molecule has 10 nitrogen and oxygen atoms in total. The van der Waals surface area contributed by atoms with E-state index >= 15 is 0 Å². The van der Waals surface area contributed by atoms with Crippen molar-refractivity contribution in [3.05, 3.63) is 59.7 Å². The summed E-state index contributed by atoms with van der Waals surface area (Å²) in [6.07, 6.45) is 3.65. The quantitative estimate of drug-likeness (QED) is 0.400. The van der Waals surface area contributed by atoms with Crippen LogP contribution in [0.4, 0.5) is 11.5 Å². The van der Waals surface area contributed by atoms with E-state index in [1.807, 2.05) is 42.8 Å². The Kier molecular flexibility index (Phi) is 6.00. The number of benzene rings is 1. The lowest BCUT2D eigenvalue weighted by atomic mass is 9.84. The molecule has 0 saturated carbocycles. The third-order valence-corrected chi connectivity index (χ3v) is 7.71. The van der Waals surface area contributed by atoms with E-state index in [2.05, 4.69) is 28.3 Å². The zero-order valence-corrected chi connectivity index (χ0v) is 21.8. The van der Waals surface area contributed by atoms with Crippen molar-refractivity contribution in [3.63, 3.8) is 0 Å². The van der Waals surface area contributed by atoms with Crippen LogP contribution in [0, 0.1) is 0 Å². The first kappa shape index (κ1) is 24.3. The highest BCUT2D eigenvalue weighted by Crippen LogP contribution is 2.45. The molecule has 0 aliphatic carbocycles. The summed E-state index contributed by atoms with van der Waals surface area (Å²) in [5, 5.41) is 3.29. The molecule has 3 aromatic heterocycles. The molecule has 1 fully saturated rings. The van der Waals surface area contributed by atoms with Gasteiger partial charge in [0.15, 0.2) is 5.69 Å². The zero-order chi connectivity index (χ0) is 26.4. The number of imidazole rings is 1. The lowest BCUT2D eigenvalue weighted by Gasteiger charge is -2.40. The van der Waals surface area contributed by atoms with E-state index in [9.17, 15) is 4.79 Å². The average Bonchev–Trinajstić information content (AvgIpc) is 3.41. The van der Waals surface area contributed by atoms with Crippen molar-refractivity contribution in [2.24, 2.45) is 12.8 Å². The van der Waals surface area contributed by atoms with Gasteiger partial charge in [0.25, 0.3) is 5.91 Å². The second kappa shape index (κ2) is 9.38. The summed E-state index contributed by atoms with van der Waals surface area (Å²) in [6.45, 7) is 4.58. The van der Waals surface area contributed by atoms with Crippen LogP contribution in [0.15, 0.2) is 42.7 Å². The van der Waals surface area contributed by atoms with E-state index in [1.54, 1.807) is 12.4 Å². The Morgan fingerprint density at radius 1 is 1.18 bits per heavy atom. The molecule has 1 amide bonds. The normalized spacial score (nSPS) is 16.6. The van der Waals surface area contributed by atoms with Crippen LogP contribution >= 0.6 is 0 Å². The molecule has 0 radical (unpaired) electrons. The molecule has 4 aromatic rings. The predicted molar refractivity (Wildman–Crippen MR) is 144 cm³/mol. The summed E-state index contributed by atoms with van der Waals surface area (Å²) in [5.41, 5.74) is 11.6. The Morgan fingerprint density at radius 2 is 2.00 bits per heavy atom. The van der Waals surface area contributed by atoms with Crippen molar-refractivity contribution in [2.75, 3.05) is 32.2 Å². The van der Waals surface area contributed by atoms with Crippen LogP contribution in [-0.4, -0.2) is 57.2 Å². The summed E-state index contributed by atoms with van der Waals surface area (Å²) < 4.78 is 13.6. The van der Waals surface area contributed by atoms with Gasteiger partial charge in [0.2, 0.25) is 0 Å². The first-order chi connectivity index (χ1) is 18.4. The highest BCUT2D eigenvalue weighted by molar-refractivity contribution is 6.00. The van der Waals surface area contributed by atoms with Crippen LogP contribution in [0.2, 0.25) is 0 Å². The third kappa shape index (κ3) is 3.88. The number of hydrogen-bond acceptors (Lipinski definition) is 8. The number of pyridine rings is 2. The Bertz CT molecular complexity index is 1540. The molecule has 1 spiro atoms. The number of rotatable bonds is 6. The monoisotopic (exact) mass is 513 g/mol. The molecule has 2 aliphatic rings. The van der Waals surface area contributed by atoms with Gasteiger partial charge >= 0.3 is 0 Å². The second-order valence-corrected chi connectivity index (χ2v) is 9.87. The number of nitrogens with two attached hydrogens (primary N) is 1. The van der Waals surface area contributed by atoms with E-state index in [0.29, 0.717) is 29.6 Å². The predicted octanol–water partition coefficient (Wildman–Crippen LogP) is 3.72. The van der Waals surface area contributed by atoms with Crippen molar-refractivity contribution < 1.29 is 14.3 Å². The van der Waals surface area contributed by atoms with Crippen molar-refractivity contribution in [2.45, 2.75) is 31.8 Å². The van der Waals surface area contributed by atoms with Crippen molar-refractivity contribution in [1.29, 1.82) is 0 Å². The Morgan fingerprint density at radius 3 is 2.76 bits per heavy atom. The summed E-state index contributed by atoms with van der Waals surface area (Å²) in [4.78, 5) is 29.1. The lowest BCUT2D eigenvalue weighted by molar-refractivity contribution is -0.0132. The Labute approximate surface area is 220 Å². The fraction of sp³-hybridized carbons (Fsp3) is 0.357. The number of amides is 1. The van der Waals surface area contributed by atoms with Crippen molar-refractivity contribution in [3.8, 4) is 17.0 Å². The standard InChI is InChI=1S/C28H31N7O3/c1-4-38-22-14-19(26(27(29)36)33-25(22)17-6-5-7-21-24(17)30-16-34(21)2)31-23-9-8-18-20(32-23)15-35(3)28(18)10-12-37-13-11-28/h5-9,14,16H,4,10-13,15H2,1-3H3,(H2,29,36)(H,31,32). The fourth-order valence-electron chi connectivity index (χ4n) is 5.78. The summed E-state index contributed by atoms with van der Waals surface area (Å²) in [7, 11) is 4.08. The molecule has 0 atom stereocenters. The molecule has 5 heterocycles. The highest BCUT2D eigenvalue weighted by Gasteiger charge is 2.45. The number of ether oxygens (including phenoxy) is 2. The Hall–Kier alpha value is -4.02. The van der Waals surface area contributed by atoms with E-state index in [-0.39, 0.29) is 11.2 Å². The number of primary amides is 1. The number of carbonyl (C=O) groups excluding carboxylic acids is 1. The molecule has 0 bridgehead atoms. The minimum Gasteiger partial charge on any atom is -0.492 e. The maximum absolute atomic E-state index is 12.6. The summed E-state index contributed by atoms with van der Waals surface area (Å²) in [5.74, 6) is 0.500. The smallest absolute Gasteiger partial charge is 0.269 e. The van der Waals surface area contributed by atoms with Crippen LogP contribution in [-0.2, 0) is 23.9 Å².